The smallest absolute Gasteiger partial charge is 0.186 e. The van der Waals surface area contributed by atoms with Crippen molar-refractivity contribution in [2.45, 2.75) is 138 Å². The number of unbranched alkanes of at least 4 members (excludes halogenated alkanes) is 10. The highest BCUT2D eigenvalue weighted by Crippen LogP contribution is 2.25. The molecular weight excluding hydrogens is 732 g/mol. The second-order valence-electron chi connectivity index (χ2n) is 14.3. The molecule has 0 unspecified atom stereocenters. The highest BCUT2D eigenvalue weighted by atomic mass is 16.7. The van der Waals surface area contributed by atoms with E-state index in [0.29, 0.717) is 26.4 Å². The molecule has 2 aliphatic heterocycles. The Hall–Kier alpha value is -2.84. The summed E-state index contributed by atoms with van der Waals surface area (Å²) >= 11 is 0. The SMILES string of the molecule is OC[C@H]1O[C@@H](OCCCCCCCCOc2ccc(N=Nc3ccc(OCCCCCCCCO[C@@H]4O[C@H](CO)[C@@H](O)[C@H](O)[C@H]4O)cc3)cc2)[C@H](O)[C@@H](O)[C@@H]1O. The second kappa shape index (κ2) is 25.5. The van der Waals surface area contributed by atoms with Gasteiger partial charge in [-0.05, 0) is 74.2 Å². The van der Waals surface area contributed by atoms with Crippen molar-refractivity contribution in [3.8, 4) is 11.5 Å². The molecule has 16 heteroatoms. The number of aliphatic hydroxyl groups excluding tert-OH is 8. The van der Waals surface area contributed by atoms with Crippen LogP contribution in [-0.4, -0.2) is 142 Å². The van der Waals surface area contributed by atoms with Gasteiger partial charge in [-0.3, -0.25) is 0 Å². The van der Waals surface area contributed by atoms with Crippen molar-refractivity contribution in [2.24, 2.45) is 10.2 Å². The monoisotopic (exact) mass is 794 g/mol. The van der Waals surface area contributed by atoms with E-state index in [1.54, 1.807) is 0 Å². The Morgan fingerprint density at radius 2 is 0.732 bits per heavy atom. The first-order valence-corrected chi connectivity index (χ1v) is 19.9. The molecule has 0 radical (unpaired) electrons. The zero-order valence-corrected chi connectivity index (χ0v) is 32.0. The molecule has 56 heavy (non-hydrogen) atoms. The van der Waals surface area contributed by atoms with Crippen LogP contribution in [0.3, 0.4) is 0 Å². The van der Waals surface area contributed by atoms with Crippen molar-refractivity contribution >= 4 is 11.4 Å². The average Bonchev–Trinajstić information content (AvgIpc) is 3.22. The number of hydrogen-bond acceptors (Lipinski definition) is 16. The van der Waals surface area contributed by atoms with Gasteiger partial charge in [0, 0.05) is 13.2 Å². The van der Waals surface area contributed by atoms with Gasteiger partial charge in [0.15, 0.2) is 12.6 Å². The molecule has 0 saturated carbocycles. The third kappa shape index (κ3) is 15.2. The molecule has 2 aromatic carbocycles. The van der Waals surface area contributed by atoms with Crippen LogP contribution in [0.25, 0.3) is 0 Å². The van der Waals surface area contributed by atoms with Crippen molar-refractivity contribution < 1.29 is 69.3 Å². The summed E-state index contributed by atoms with van der Waals surface area (Å²) in [5.74, 6) is 1.55. The highest BCUT2D eigenvalue weighted by molar-refractivity contribution is 5.44. The lowest BCUT2D eigenvalue weighted by molar-refractivity contribution is -0.301. The van der Waals surface area contributed by atoms with Gasteiger partial charge < -0.3 is 69.3 Å². The molecule has 0 bridgehead atoms. The fourth-order valence-corrected chi connectivity index (χ4v) is 6.35. The summed E-state index contributed by atoms with van der Waals surface area (Å²) in [5.41, 5.74) is 1.43. The summed E-state index contributed by atoms with van der Waals surface area (Å²) in [6.45, 7) is 0.969. The van der Waals surface area contributed by atoms with Crippen LogP contribution in [-0.2, 0) is 18.9 Å². The number of ether oxygens (including phenoxy) is 6. The first-order valence-electron chi connectivity index (χ1n) is 19.9. The van der Waals surface area contributed by atoms with E-state index < -0.39 is 74.6 Å². The van der Waals surface area contributed by atoms with E-state index in [4.69, 9.17) is 28.4 Å². The number of benzene rings is 2. The molecule has 0 amide bonds. The number of aliphatic hydroxyl groups is 8. The van der Waals surface area contributed by atoms with E-state index in [0.717, 1.165) is 99.9 Å². The van der Waals surface area contributed by atoms with Crippen LogP contribution in [0, 0.1) is 0 Å². The molecule has 2 fully saturated rings. The number of rotatable bonds is 26. The van der Waals surface area contributed by atoms with Crippen LogP contribution in [0.15, 0.2) is 58.8 Å². The maximum Gasteiger partial charge on any atom is 0.186 e. The molecule has 2 aromatic rings. The first kappa shape index (κ1) is 45.9. The Kier molecular flexibility index (Phi) is 20.9. The van der Waals surface area contributed by atoms with Crippen molar-refractivity contribution in [2.75, 3.05) is 39.6 Å². The molecule has 16 nitrogen and oxygen atoms in total. The van der Waals surface area contributed by atoms with Crippen LogP contribution in [0.1, 0.15) is 77.0 Å². The number of hydrogen-bond donors (Lipinski definition) is 8. The molecule has 0 spiro atoms. The van der Waals surface area contributed by atoms with Crippen LogP contribution >= 0.6 is 0 Å². The minimum Gasteiger partial charge on any atom is -0.494 e. The van der Waals surface area contributed by atoms with Gasteiger partial charge in [-0.15, -0.1) is 0 Å². The van der Waals surface area contributed by atoms with Gasteiger partial charge in [0.2, 0.25) is 0 Å². The van der Waals surface area contributed by atoms with Gasteiger partial charge in [0.1, 0.15) is 60.3 Å². The van der Waals surface area contributed by atoms with E-state index in [1.807, 2.05) is 48.5 Å². The molecule has 4 rings (SSSR count). The van der Waals surface area contributed by atoms with Gasteiger partial charge in [0.25, 0.3) is 0 Å². The van der Waals surface area contributed by atoms with Crippen LogP contribution < -0.4 is 9.47 Å². The predicted octanol–water partition coefficient (Wildman–Crippen LogP) is 3.17. The maximum absolute atomic E-state index is 10.0. The van der Waals surface area contributed by atoms with Crippen LogP contribution in [0.5, 0.6) is 11.5 Å². The summed E-state index contributed by atoms with van der Waals surface area (Å²) in [6.07, 6.45) is -0.953. The minimum absolute atomic E-state index is 0.344. The van der Waals surface area contributed by atoms with Crippen molar-refractivity contribution in [3.05, 3.63) is 48.5 Å². The summed E-state index contributed by atoms with van der Waals surface area (Å²) in [7, 11) is 0. The molecule has 2 saturated heterocycles. The molecule has 8 N–H and O–H groups in total. The average molecular weight is 795 g/mol. The summed E-state index contributed by atoms with van der Waals surface area (Å²) in [6, 6.07) is 15.0. The Morgan fingerprint density at radius 3 is 1.07 bits per heavy atom. The normalized spacial score (nSPS) is 28.1. The number of nitrogens with zero attached hydrogens (tertiary/aromatic N) is 2. The van der Waals surface area contributed by atoms with E-state index in [9.17, 15) is 40.9 Å². The standard InChI is InChI=1S/C40H62N2O14/c43-25-31-33(45)35(47)37(49)39(55-31)53-23-11-7-3-1-5-9-21-51-29-17-13-27(14-18-29)41-42-28-15-19-30(20-16-28)52-22-10-6-2-4-8-12-24-54-40-38(50)36(48)34(46)32(26-44)56-40/h13-20,31-40,43-50H,1-12,21-26H2/t31-,32-,33-,34-,35+,36+,37-,38-,39-,40-/m1/s1. The molecular formula is C40H62N2O14. The zero-order valence-electron chi connectivity index (χ0n) is 32.0. The van der Waals surface area contributed by atoms with Crippen molar-refractivity contribution in [1.82, 2.24) is 0 Å². The third-order valence-electron chi connectivity index (χ3n) is 9.83. The molecule has 316 valence electrons. The Balaban J connectivity index is 0.963. The van der Waals surface area contributed by atoms with E-state index in [1.165, 1.54) is 0 Å². The molecule has 2 heterocycles. The Morgan fingerprint density at radius 1 is 0.411 bits per heavy atom. The Bertz CT molecular complexity index is 1250. The van der Waals surface area contributed by atoms with Gasteiger partial charge >= 0.3 is 0 Å². The van der Waals surface area contributed by atoms with Gasteiger partial charge in [-0.2, -0.15) is 10.2 Å². The van der Waals surface area contributed by atoms with E-state index >= 15 is 0 Å². The van der Waals surface area contributed by atoms with Crippen molar-refractivity contribution in [1.29, 1.82) is 0 Å². The molecule has 10 atom stereocenters. The van der Waals surface area contributed by atoms with Crippen LogP contribution in [0.4, 0.5) is 11.4 Å². The minimum atomic E-state index is -1.43. The lowest BCUT2D eigenvalue weighted by atomic mass is 9.99. The lowest BCUT2D eigenvalue weighted by Crippen LogP contribution is -2.59. The highest BCUT2D eigenvalue weighted by Gasteiger charge is 2.45. The quantitative estimate of drug-likeness (QED) is 0.0504. The predicted molar refractivity (Wildman–Crippen MR) is 203 cm³/mol. The summed E-state index contributed by atoms with van der Waals surface area (Å²) < 4.78 is 33.5. The van der Waals surface area contributed by atoms with Gasteiger partial charge in [-0.1, -0.05) is 51.4 Å². The van der Waals surface area contributed by atoms with Crippen molar-refractivity contribution in [3.63, 3.8) is 0 Å². The molecule has 0 aromatic heterocycles. The Labute approximate surface area is 328 Å². The van der Waals surface area contributed by atoms with Gasteiger partial charge in [-0.25, -0.2) is 0 Å². The third-order valence-corrected chi connectivity index (χ3v) is 9.83. The zero-order chi connectivity index (χ0) is 40.1. The number of azo groups is 1. The summed E-state index contributed by atoms with van der Waals surface area (Å²) in [4.78, 5) is 0. The lowest BCUT2D eigenvalue weighted by Gasteiger charge is -2.39. The summed E-state index contributed by atoms with van der Waals surface area (Å²) in [5, 5.41) is 86.6. The first-order chi connectivity index (χ1) is 27.2. The topological polar surface area (TPSA) is 242 Å². The van der Waals surface area contributed by atoms with Crippen LogP contribution in [0.2, 0.25) is 0 Å². The molecule has 2 aliphatic rings. The second-order valence-corrected chi connectivity index (χ2v) is 14.3. The fourth-order valence-electron chi connectivity index (χ4n) is 6.35. The van der Waals surface area contributed by atoms with E-state index in [2.05, 4.69) is 10.2 Å². The largest absolute Gasteiger partial charge is 0.494 e. The van der Waals surface area contributed by atoms with Gasteiger partial charge in [0.05, 0.1) is 37.8 Å². The van der Waals surface area contributed by atoms with E-state index in [-0.39, 0.29) is 0 Å². The molecule has 0 aliphatic carbocycles. The fraction of sp³-hybridized carbons (Fsp3) is 0.700. The maximum atomic E-state index is 10.0.